The summed E-state index contributed by atoms with van der Waals surface area (Å²) in [6.45, 7) is 4.38. The van der Waals surface area contributed by atoms with Gasteiger partial charge in [-0.3, -0.25) is 9.59 Å². The van der Waals surface area contributed by atoms with E-state index in [1.54, 1.807) is 24.3 Å². The van der Waals surface area contributed by atoms with Gasteiger partial charge in [0, 0.05) is 17.6 Å². The van der Waals surface area contributed by atoms with Crippen LogP contribution in [-0.4, -0.2) is 25.9 Å². The number of aromatic nitrogens is 1. The van der Waals surface area contributed by atoms with Gasteiger partial charge in [0.25, 0.3) is 11.5 Å². The Balaban J connectivity index is 1.67. The number of sulfone groups is 1. The first-order valence-corrected chi connectivity index (χ1v) is 11.3. The first-order chi connectivity index (χ1) is 13.8. The molecule has 0 spiro atoms. The van der Waals surface area contributed by atoms with E-state index < -0.39 is 21.3 Å². The SMILES string of the molecule is CC(C)C1CCc2[nH]c(=O)c(C(=O)NC/C=C/S(=O)(=O)c3ccccc3)cc2C1. The Bertz CT molecular complexity index is 1070. The van der Waals surface area contributed by atoms with Crippen LogP contribution in [0.1, 0.15) is 41.9 Å². The van der Waals surface area contributed by atoms with Crippen LogP contribution >= 0.6 is 0 Å². The van der Waals surface area contributed by atoms with Gasteiger partial charge in [-0.15, -0.1) is 0 Å². The van der Waals surface area contributed by atoms with Gasteiger partial charge in [0.15, 0.2) is 9.84 Å². The van der Waals surface area contributed by atoms with Crippen LogP contribution in [0.3, 0.4) is 0 Å². The van der Waals surface area contributed by atoms with Crippen LogP contribution in [0.15, 0.2) is 57.6 Å². The number of carbonyl (C=O) groups is 1. The fourth-order valence-electron chi connectivity index (χ4n) is 3.58. The van der Waals surface area contributed by atoms with Crippen LogP contribution in [0.4, 0.5) is 0 Å². The topological polar surface area (TPSA) is 96.1 Å². The molecule has 0 fully saturated rings. The molecule has 0 aliphatic heterocycles. The molecule has 1 heterocycles. The van der Waals surface area contributed by atoms with E-state index in [2.05, 4.69) is 24.1 Å². The maximum atomic E-state index is 12.4. The van der Waals surface area contributed by atoms with Gasteiger partial charge in [-0.1, -0.05) is 38.1 Å². The van der Waals surface area contributed by atoms with E-state index in [1.807, 2.05) is 0 Å². The number of benzene rings is 1. The summed E-state index contributed by atoms with van der Waals surface area (Å²) in [7, 11) is -3.56. The summed E-state index contributed by atoms with van der Waals surface area (Å²) in [5, 5.41) is 3.66. The third-order valence-electron chi connectivity index (χ3n) is 5.38. The molecular formula is C22H26N2O4S. The Labute approximate surface area is 171 Å². The molecule has 2 N–H and O–H groups in total. The summed E-state index contributed by atoms with van der Waals surface area (Å²) in [6, 6.07) is 9.74. The van der Waals surface area contributed by atoms with E-state index in [4.69, 9.17) is 0 Å². The molecule has 29 heavy (non-hydrogen) atoms. The summed E-state index contributed by atoms with van der Waals surface area (Å²) in [5.41, 5.74) is 1.58. The normalized spacial score (nSPS) is 16.7. The number of amides is 1. The van der Waals surface area contributed by atoms with Gasteiger partial charge < -0.3 is 10.3 Å². The average Bonchev–Trinajstić information content (AvgIpc) is 2.70. The fourth-order valence-corrected chi connectivity index (χ4v) is 4.62. The highest BCUT2D eigenvalue weighted by Gasteiger charge is 2.24. The molecule has 6 nitrogen and oxygen atoms in total. The number of carbonyl (C=O) groups excluding carboxylic acids is 1. The van der Waals surface area contributed by atoms with Gasteiger partial charge in [-0.25, -0.2) is 8.42 Å². The predicted octanol–water partition coefficient (Wildman–Crippen LogP) is 2.85. The molecule has 154 valence electrons. The van der Waals surface area contributed by atoms with Crippen molar-refractivity contribution in [1.82, 2.24) is 10.3 Å². The van der Waals surface area contributed by atoms with Crippen molar-refractivity contribution in [2.24, 2.45) is 11.8 Å². The van der Waals surface area contributed by atoms with Gasteiger partial charge in [0.05, 0.1) is 4.90 Å². The minimum atomic E-state index is -3.56. The lowest BCUT2D eigenvalue weighted by Gasteiger charge is -2.27. The van der Waals surface area contributed by atoms with E-state index in [9.17, 15) is 18.0 Å². The highest BCUT2D eigenvalue weighted by Crippen LogP contribution is 2.28. The Kier molecular flexibility index (Phi) is 6.37. The minimum absolute atomic E-state index is 0.00996. The molecule has 0 saturated heterocycles. The second-order valence-corrected chi connectivity index (χ2v) is 9.54. The van der Waals surface area contributed by atoms with Crippen molar-refractivity contribution in [3.63, 3.8) is 0 Å². The number of rotatable bonds is 6. The molecule has 2 aromatic rings. The second-order valence-electron chi connectivity index (χ2n) is 7.70. The summed E-state index contributed by atoms with van der Waals surface area (Å²) < 4.78 is 24.4. The summed E-state index contributed by atoms with van der Waals surface area (Å²) in [5.74, 6) is 0.571. The van der Waals surface area contributed by atoms with Gasteiger partial charge in [0.2, 0.25) is 0 Å². The first kappa shape index (κ1) is 21.0. The number of hydrogen-bond donors (Lipinski definition) is 2. The fraction of sp³-hybridized carbons (Fsp3) is 0.364. The summed E-state index contributed by atoms with van der Waals surface area (Å²) in [4.78, 5) is 27.8. The number of fused-ring (bicyclic) bond motifs is 1. The van der Waals surface area contributed by atoms with E-state index in [0.29, 0.717) is 11.8 Å². The van der Waals surface area contributed by atoms with E-state index in [0.717, 1.165) is 35.9 Å². The van der Waals surface area contributed by atoms with Crippen LogP contribution in [0.2, 0.25) is 0 Å². The molecule has 0 bridgehead atoms. The standard InChI is InChI=1S/C22H26N2O4S/c1-15(2)16-9-10-20-17(13-16)14-19(22(26)24-20)21(25)23-11-6-12-29(27,28)18-7-4-3-5-8-18/h3-8,12,14-16H,9-11,13H2,1-2H3,(H,23,25)(H,24,26)/b12-6+. The zero-order valence-corrected chi connectivity index (χ0v) is 17.5. The van der Waals surface area contributed by atoms with Gasteiger partial charge in [-0.05, 0) is 54.9 Å². The molecule has 7 heteroatoms. The molecular weight excluding hydrogens is 388 g/mol. The third kappa shape index (κ3) is 5.03. The molecule has 0 radical (unpaired) electrons. The molecule has 1 unspecified atom stereocenters. The zero-order valence-electron chi connectivity index (χ0n) is 16.6. The first-order valence-electron chi connectivity index (χ1n) is 9.78. The van der Waals surface area contributed by atoms with Crippen molar-refractivity contribution in [3.05, 3.63) is 75.1 Å². The van der Waals surface area contributed by atoms with Crippen molar-refractivity contribution in [2.45, 2.75) is 38.0 Å². The number of pyridine rings is 1. The van der Waals surface area contributed by atoms with Crippen LogP contribution in [0.25, 0.3) is 0 Å². The lowest BCUT2D eigenvalue weighted by Crippen LogP contribution is -2.32. The van der Waals surface area contributed by atoms with E-state index in [-0.39, 0.29) is 17.0 Å². The average molecular weight is 415 g/mol. The van der Waals surface area contributed by atoms with Crippen molar-refractivity contribution in [1.29, 1.82) is 0 Å². The Hall–Kier alpha value is -2.67. The number of aryl methyl sites for hydroxylation is 1. The van der Waals surface area contributed by atoms with E-state index in [1.165, 1.54) is 18.2 Å². The molecule has 1 aromatic heterocycles. The maximum absolute atomic E-state index is 12.4. The zero-order chi connectivity index (χ0) is 21.0. The second kappa shape index (κ2) is 8.78. The van der Waals surface area contributed by atoms with Gasteiger partial charge >= 0.3 is 0 Å². The van der Waals surface area contributed by atoms with Crippen molar-refractivity contribution >= 4 is 15.7 Å². The summed E-state index contributed by atoms with van der Waals surface area (Å²) in [6.07, 6.45) is 4.06. The number of H-pyrrole nitrogens is 1. The molecule has 1 aliphatic rings. The quantitative estimate of drug-likeness (QED) is 0.760. The lowest BCUT2D eigenvalue weighted by molar-refractivity contribution is 0.0956. The smallest absolute Gasteiger partial charge is 0.261 e. The summed E-state index contributed by atoms with van der Waals surface area (Å²) >= 11 is 0. The highest BCUT2D eigenvalue weighted by atomic mass is 32.2. The van der Waals surface area contributed by atoms with Crippen molar-refractivity contribution < 1.29 is 13.2 Å². The van der Waals surface area contributed by atoms with E-state index >= 15 is 0 Å². The maximum Gasteiger partial charge on any atom is 0.261 e. The van der Waals surface area contributed by atoms with Crippen LogP contribution in [0, 0.1) is 11.8 Å². The molecule has 0 saturated carbocycles. The Morgan fingerprint density at radius 3 is 2.69 bits per heavy atom. The van der Waals surface area contributed by atoms with Gasteiger partial charge in [-0.2, -0.15) is 0 Å². The molecule has 1 amide bonds. The monoisotopic (exact) mass is 414 g/mol. The molecule has 3 rings (SSSR count). The Morgan fingerprint density at radius 1 is 1.28 bits per heavy atom. The molecule has 1 aliphatic carbocycles. The number of aromatic amines is 1. The number of nitrogens with one attached hydrogen (secondary N) is 2. The largest absolute Gasteiger partial charge is 0.348 e. The van der Waals surface area contributed by atoms with Crippen LogP contribution in [0.5, 0.6) is 0 Å². The lowest BCUT2D eigenvalue weighted by atomic mass is 9.80. The number of hydrogen-bond acceptors (Lipinski definition) is 4. The Morgan fingerprint density at radius 2 is 2.00 bits per heavy atom. The van der Waals surface area contributed by atoms with Crippen molar-refractivity contribution in [2.75, 3.05) is 6.54 Å². The minimum Gasteiger partial charge on any atom is -0.348 e. The van der Waals surface area contributed by atoms with Crippen molar-refractivity contribution in [3.8, 4) is 0 Å². The third-order valence-corrected chi connectivity index (χ3v) is 6.86. The van der Waals surface area contributed by atoms with Crippen LogP contribution < -0.4 is 10.9 Å². The van der Waals surface area contributed by atoms with Crippen LogP contribution in [-0.2, 0) is 22.7 Å². The molecule has 1 atom stereocenters. The molecule has 1 aromatic carbocycles. The predicted molar refractivity (Wildman–Crippen MR) is 113 cm³/mol. The highest BCUT2D eigenvalue weighted by molar-refractivity contribution is 7.94. The van der Waals surface area contributed by atoms with Gasteiger partial charge in [0.1, 0.15) is 5.56 Å².